The molecule has 37 heavy (non-hydrogen) atoms. The number of hydrogen-bond acceptors (Lipinski definition) is 4. The van der Waals surface area contributed by atoms with Gasteiger partial charge in [-0.2, -0.15) is 10.2 Å². The average Bonchev–Trinajstić information content (AvgIpc) is 3.55. The quantitative estimate of drug-likeness (QED) is 0.369. The van der Waals surface area contributed by atoms with Crippen molar-refractivity contribution in [1.82, 2.24) is 34.4 Å². The van der Waals surface area contributed by atoms with Crippen LogP contribution in [0.1, 0.15) is 30.1 Å². The molecule has 0 atom stereocenters. The number of aromatic nitrogens is 6. The predicted octanol–water partition coefficient (Wildman–Crippen LogP) is 4.72. The minimum atomic E-state index is 0.0323. The summed E-state index contributed by atoms with van der Waals surface area (Å²) < 4.78 is 4.20. The van der Waals surface area contributed by atoms with Gasteiger partial charge < -0.3 is 9.47 Å². The Kier molecular flexibility index (Phi) is 4.55. The van der Waals surface area contributed by atoms with Crippen LogP contribution in [0.25, 0.3) is 44.3 Å². The second-order valence-electron chi connectivity index (χ2n) is 10.9. The molecule has 7 rings (SSSR count). The van der Waals surface area contributed by atoms with Crippen LogP contribution in [0.3, 0.4) is 0 Å². The van der Waals surface area contributed by atoms with Crippen LogP contribution in [0.15, 0.2) is 55.4 Å². The van der Waals surface area contributed by atoms with Gasteiger partial charge in [-0.1, -0.05) is 24.8 Å². The number of H-pyrrole nitrogens is 1. The molecule has 0 radical (unpaired) electrons. The van der Waals surface area contributed by atoms with Gasteiger partial charge in [-0.3, -0.25) is 14.6 Å². The molecule has 1 spiro atoms. The van der Waals surface area contributed by atoms with Crippen molar-refractivity contribution in [2.45, 2.75) is 25.7 Å². The number of hydrogen-bond donors (Lipinski definition) is 1. The van der Waals surface area contributed by atoms with Crippen molar-refractivity contribution in [3.05, 3.63) is 66.8 Å². The highest BCUT2D eigenvalue weighted by atomic mass is 16.2. The highest BCUT2D eigenvalue weighted by Crippen LogP contribution is 2.56. The first-order valence-electron chi connectivity index (χ1n) is 12.7. The number of imidazole rings is 1. The van der Waals surface area contributed by atoms with Crippen molar-refractivity contribution in [2.75, 3.05) is 13.1 Å². The second-order valence-corrected chi connectivity index (χ2v) is 10.9. The lowest BCUT2D eigenvalue weighted by molar-refractivity contribution is -0.146. The number of benzene rings is 2. The molecule has 1 aliphatic heterocycles. The van der Waals surface area contributed by atoms with Crippen LogP contribution in [0.2, 0.25) is 0 Å². The second kappa shape index (κ2) is 7.65. The maximum atomic E-state index is 12.0. The third-order valence-corrected chi connectivity index (χ3v) is 8.48. The smallest absolute Gasteiger partial charge is 0.245 e. The van der Waals surface area contributed by atoms with Crippen molar-refractivity contribution >= 4 is 27.7 Å². The molecule has 2 aliphatic rings. The van der Waals surface area contributed by atoms with E-state index >= 15 is 0 Å². The summed E-state index contributed by atoms with van der Waals surface area (Å²) in [6.07, 6.45) is 7.32. The van der Waals surface area contributed by atoms with E-state index in [-0.39, 0.29) is 11.3 Å². The zero-order chi connectivity index (χ0) is 25.5. The van der Waals surface area contributed by atoms with Crippen molar-refractivity contribution < 1.29 is 4.79 Å². The lowest BCUT2D eigenvalue weighted by atomic mass is 9.57. The van der Waals surface area contributed by atoms with Crippen LogP contribution in [0.5, 0.6) is 0 Å². The highest BCUT2D eigenvalue weighted by Gasteiger charge is 2.54. The number of rotatable bonds is 4. The number of nitrogens with zero attached hydrogens (tertiary/aromatic N) is 6. The van der Waals surface area contributed by atoms with E-state index in [2.05, 4.69) is 70.7 Å². The Hall–Kier alpha value is -4.20. The zero-order valence-corrected chi connectivity index (χ0v) is 21.3. The molecule has 2 aromatic carbocycles. The van der Waals surface area contributed by atoms with Crippen LogP contribution in [-0.4, -0.2) is 53.4 Å². The molecular formula is C29H29N7O. The maximum absolute atomic E-state index is 12.0. The van der Waals surface area contributed by atoms with Crippen molar-refractivity contribution in [1.29, 1.82) is 0 Å². The van der Waals surface area contributed by atoms with E-state index in [4.69, 9.17) is 4.98 Å². The molecule has 5 aromatic rings. The largest absolute Gasteiger partial charge is 0.338 e. The Morgan fingerprint density at radius 3 is 2.76 bits per heavy atom. The molecule has 1 saturated carbocycles. The summed E-state index contributed by atoms with van der Waals surface area (Å²) in [6, 6.07) is 10.7. The normalized spacial score (nSPS) is 16.9. The molecule has 1 N–H and O–H groups in total. The van der Waals surface area contributed by atoms with E-state index in [1.807, 2.05) is 29.0 Å². The molecule has 4 heterocycles. The molecule has 8 heteroatoms. The fourth-order valence-electron chi connectivity index (χ4n) is 6.58. The summed E-state index contributed by atoms with van der Waals surface area (Å²) >= 11 is 0. The first kappa shape index (κ1) is 22.0. The van der Waals surface area contributed by atoms with Gasteiger partial charge in [-0.25, -0.2) is 4.98 Å². The van der Waals surface area contributed by atoms with Crippen molar-refractivity contribution in [3.63, 3.8) is 0 Å². The maximum Gasteiger partial charge on any atom is 0.245 e. The number of likely N-dealkylation sites (tertiary alicyclic amines) is 1. The van der Waals surface area contributed by atoms with Crippen LogP contribution in [-0.2, 0) is 18.9 Å². The minimum absolute atomic E-state index is 0.0323. The number of fused-ring (bicyclic) bond motifs is 2. The molecule has 3 aromatic heterocycles. The lowest BCUT2D eigenvalue weighted by Crippen LogP contribution is -2.63. The van der Waals surface area contributed by atoms with E-state index in [9.17, 15) is 4.79 Å². The summed E-state index contributed by atoms with van der Waals surface area (Å²) in [7, 11) is 4.11. The molecule has 1 amide bonds. The molecule has 2 fully saturated rings. The van der Waals surface area contributed by atoms with Gasteiger partial charge >= 0.3 is 0 Å². The topological polar surface area (TPSA) is 84.6 Å². The van der Waals surface area contributed by atoms with Gasteiger partial charge in [-0.15, -0.1) is 0 Å². The number of carbonyl (C=O) groups is 1. The number of carbonyl (C=O) groups excluding carboxylic acids is 1. The van der Waals surface area contributed by atoms with Gasteiger partial charge in [0, 0.05) is 60.4 Å². The Morgan fingerprint density at radius 2 is 1.97 bits per heavy atom. The van der Waals surface area contributed by atoms with Crippen molar-refractivity contribution in [2.24, 2.45) is 19.5 Å². The average molecular weight is 492 g/mol. The Morgan fingerprint density at radius 1 is 1.16 bits per heavy atom. The Labute approximate surface area is 214 Å². The van der Waals surface area contributed by atoms with Crippen LogP contribution in [0.4, 0.5) is 0 Å². The number of nitrogens with one attached hydrogen (secondary N) is 1. The zero-order valence-electron chi connectivity index (χ0n) is 21.3. The third kappa shape index (κ3) is 3.14. The SMILES string of the molecule is C=CC(=O)N1CC2(CC(c3nc(-c4ccc5cnn(C)c5c4)c(-c4c(C)ccc5[nH]ncc45)n3C)C2)C1. The first-order chi connectivity index (χ1) is 17.9. The molecule has 1 aliphatic carbocycles. The van der Waals surface area contributed by atoms with Crippen LogP contribution in [0, 0.1) is 12.3 Å². The highest BCUT2D eigenvalue weighted by molar-refractivity contribution is 5.99. The monoisotopic (exact) mass is 491 g/mol. The Bertz CT molecular complexity index is 1720. The molecule has 0 unspecified atom stereocenters. The van der Waals surface area contributed by atoms with Gasteiger partial charge in [0.25, 0.3) is 0 Å². The summed E-state index contributed by atoms with van der Waals surface area (Å²) in [5.41, 5.74) is 7.84. The minimum Gasteiger partial charge on any atom is -0.338 e. The summed E-state index contributed by atoms with van der Waals surface area (Å²) in [6.45, 7) is 7.43. The van der Waals surface area contributed by atoms with E-state index in [0.29, 0.717) is 5.92 Å². The van der Waals surface area contributed by atoms with Crippen molar-refractivity contribution in [3.8, 4) is 22.5 Å². The van der Waals surface area contributed by atoms with E-state index < -0.39 is 0 Å². The van der Waals surface area contributed by atoms with Crippen LogP contribution < -0.4 is 0 Å². The standard InChI is InChI=1S/C29H29N7O/c1-5-24(37)36-15-29(16-36)11-20(12-29)28-32-26(18-7-8-19-13-31-35(4)23(19)10-18)27(34(28)3)25-17(2)6-9-22-21(25)14-30-33-22/h5-10,13-14,20H,1,11-12,15-16H2,2-4H3,(H,30,33). The van der Waals surface area contributed by atoms with Crippen LogP contribution >= 0.6 is 0 Å². The molecule has 1 saturated heterocycles. The summed E-state index contributed by atoms with van der Waals surface area (Å²) in [4.78, 5) is 19.2. The third-order valence-electron chi connectivity index (χ3n) is 8.48. The first-order valence-corrected chi connectivity index (χ1v) is 12.7. The fourth-order valence-corrected chi connectivity index (χ4v) is 6.58. The van der Waals surface area contributed by atoms with E-state index in [0.717, 1.165) is 76.1 Å². The molecule has 8 nitrogen and oxygen atoms in total. The van der Waals surface area contributed by atoms with Gasteiger partial charge in [0.15, 0.2) is 0 Å². The van der Waals surface area contributed by atoms with E-state index in [1.54, 1.807) is 0 Å². The van der Waals surface area contributed by atoms with Gasteiger partial charge in [-0.05, 0) is 43.5 Å². The molecule has 186 valence electrons. The fraction of sp³-hybridized carbons (Fsp3) is 0.310. The van der Waals surface area contributed by atoms with E-state index in [1.165, 1.54) is 11.6 Å². The summed E-state index contributed by atoms with van der Waals surface area (Å²) in [5, 5.41) is 14.1. The molecule has 0 bridgehead atoms. The van der Waals surface area contributed by atoms with Gasteiger partial charge in [0.1, 0.15) is 5.82 Å². The van der Waals surface area contributed by atoms with Gasteiger partial charge in [0.2, 0.25) is 5.91 Å². The number of aryl methyl sites for hydroxylation is 2. The predicted molar refractivity (Wildman–Crippen MR) is 144 cm³/mol. The number of amides is 1. The number of aromatic amines is 1. The summed E-state index contributed by atoms with van der Waals surface area (Å²) in [5.74, 6) is 1.50. The van der Waals surface area contributed by atoms with Gasteiger partial charge in [0.05, 0.1) is 34.8 Å². The Balaban J connectivity index is 1.35. The molecular weight excluding hydrogens is 462 g/mol. The lowest BCUT2D eigenvalue weighted by Gasteiger charge is -2.58.